The Bertz CT molecular complexity index is 974. The van der Waals surface area contributed by atoms with Gasteiger partial charge >= 0.3 is 0 Å². The maximum Gasteiger partial charge on any atom is 0.138 e. The van der Waals surface area contributed by atoms with Crippen LogP contribution in [0.25, 0.3) is 22.2 Å². The molecular formula is C16H16N6O. The lowest BCUT2D eigenvalue weighted by Crippen LogP contribution is -2.03. The third kappa shape index (κ3) is 2.30. The summed E-state index contributed by atoms with van der Waals surface area (Å²) in [7, 11) is 1.90. The highest BCUT2D eigenvalue weighted by atomic mass is 16.5. The van der Waals surface area contributed by atoms with Crippen LogP contribution in [0.1, 0.15) is 17.0 Å². The quantitative estimate of drug-likeness (QED) is 0.581. The molecule has 0 saturated heterocycles. The highest BCUT2D eigenvalue weighted by molar-refractivity contribution is 5.80. The summed E-state index contributed by atoms with van der Waals surface area (Å²) in [6, 6.07) is 2.09. The summed E-state index contributed by atoms with van der Waals surface area (Å²) in [5.74, 6) is 0.822. The summed E-state index contributed by atoms with van der Waals surface area (Å²) in [5.41, 5.74) is 5.85. The molecule has 0 atom stereocenters. The number of fused-ring (bicyclic) bond motifs is 1. The number of hydrogen-bond acceptors (Lipinski definition) is 5. The van der Waals surface area contributed by atoms with Gasteiger partial charge in [-0.05, 0) is 19.9 Å². The average molecular weight is 308 g/mol. The van der Waals surface area contributed by atoms with Crippen LogP contribution in [0.5, 0.6) is 0 Å². The minimum absolute atomic E-state index is 0.614. The normalized spacial score (nSPS) is 11.4. The van der Waals surface area contributed by atoms with Crippen molar-refractivity contribution in [2.24, 2.45) is 7.05 Å². The molecule has 0 saturated carbocycles. The molecular weight excluding hydrogens is 292 g/mol. The second-order valence-electron chi connectivity index (χ2n) is 5.64. The molecule has 4 aromatic rings. The lowest BCUT2D eigenvalue weighted by Gasteiger charge is -2.04. The monoisotopic (exact) mass is 308 g/mol. The van der Waals surface area contributed by atoms with E-state index in [-0.39, 0.29) is 0 Å². The molecule has 0 aliphatic carbocycles. The molecule has 0 unspecified atom stereocenters. The first kappa shape index (κ1) is 13.7. The maximum absolute atomic E-state index is 5.23. The Morgan fingerprint density at radius 2 is 1.96 bits per heavy atom. The molecule has 7 nitrogen and oxygen atoms in total. The van der Waals surface area contributed by atoms with Crippen LogP contribution in [-0.2, 0) is 13.6 Å². The van der Waals surface area contributed by atoms with Gasteiger partial charge in [0.2, 0.25) is 0 Å². The van der Waals surface area contributed by atoms with Crippen molar-refractivity contribution in [3.8, 4) is 11.1 Å². The Labute approximate surface area is 132 Å². The lowest BCUT2D eigenvalue weighted by molar-refractivity contribution is 0.392. The van der Waals surface area contributed by atoms with Crippen molar-refractivity contribution in [1.82, 2.24) is 29.7 Å². The van der Waals surface area contributed by atoms with Crippen LogP contribution in [0.2, 0.25) is 0 Å². The predicted octanol–water partition coefficient (Wildman–Crippen LogP) is 2.48. The van der Waals surface area contributed by atoms with Crippen molar-refractivity contribution in [2.75, 3.05) is 0 Å². The molecule has 4 rings (SSSR count). The molecule has 0 N–H and O–H groups in total. The Balaban J connectivity index is 1.79. The van der Waals surface area contributed by atoms with E-state index in [0.717, 1.165) is 39.2 Å². The molecule has 4 heterocycles. The van der Waals surface area contributed by atoms with E-state index in [1.165, 1.54) is 0 Å². The molecule has 0 aliphatic heterocycles. The van der Waals surface area contributed by atoms with Gasteiger partial charge in [-0.15, -0.1) is 0 Å². The summed E-state index contributed by atoms with van der Waals surface area (Å²) >= 11 is 0. The predicted molar refractivity (Wildman–Crippen MR) is 84.8 cm³/mol. The number of pyridine rings is 1. The highest BCUT2D eigenvalue weighted by Crippen LogP contribution is 2.23. The van der Waals surface area contributed by atoms with Crippen LogP contribution < -0.4 is 0 Å². The largest absolute Gasteiger partial charge is 0.361 e. The van der Waals surface area contributed by atoms with Crippen LogP contribution in [0, 0.1) is 13.8 Å². The molecule has 23 heavy (non-hydrogen) atoms. The van der Waals surface area contributed by atoms with E-state index in [1.807, 2.05) is 44.2 Å². The molecule has 0 amide bonds. The topological polar surface area (TPSA) is 74.6 Å². The first-order valence-electron chi connectivity index (χ1n) is 7.34. The van der Waals surface area contributed by atoms with Crippen LogP contribution in [0.3, 0.4) is 0 Å². The number of hydrogen-bond donors (Lipinski definition) is 0. The minimum atomic E-state index is 0.614. The molecule has 0 radical (unpaired) electrons. The Hall–Kier alpha value is -2.96. The summed E-state index contributed by atoms with van der Waals surface area (Å²) in [4.78, 5) is 4.50. The van der Waals surface area contributed by atoms with E-state index in [1.54, 1.807) is 10.9 Å². The van der Waals surface area contributed by atoms with Crippen LogP contribution >= 0.6 is 0 Å². The minimum Gasteiger partial charge on any atom is -0.361 e. The molecule has 0 bridgehead atoms. The molecule has 0 fully saturated rings. The van der Waals surface area contributed by atoms with Gasteiger partial charge in [0, 0.05) is 36.1 Å². The second kappa shape index (κ2) is 5.05. The van der Waals surface area contributed by atoms with Gasteiger partial charge in [-0.3, -0.25) is 14.3 Å². The first-order chi connectivity index (χ1) is 11.1. The summed E-state index contributed by atoms with van der Waals surface area (Å²) in [5, 5.41) is 12.7. The van der Waals surface area contributed by atoms with Gasteiger partial charge in [0.1, 0.15) is 11.3 Å². The second-order valence-corrected chi connectivity index (χ2v) is 5.64. The van der Waals surface area contributed by atoms with Gasteiger partial charge in [0.15, 0.2) is 0 Å². The molecule has 0 spiro atoms. The average Bonchev–Trinajstić information content (AvgIpc) is 3.23. The van der Waals surface area contributed by atoms with Crippen molar-refractivity contribution >= 4 is 11.0 Å². The SMILES string of the molecule is Cc1noc(C)c1Cn1ncc2ncc(-c3cnn(C)c3)cc21. The van der Waals surface area contributed by atoms with E-state index >= 15 is 0 Å². The lowest BCUT2D eigenvalue weighted by atomic mass is 10.1. The smallest absolute Gasteiger partial charge is 0.138 e. The van der Waals surface area contributed by atoms with Crippen LogP contribution in [-0.4, -0.2) is 29.7 Å². The third-order valence-electron chi connectivity index (χ3n) is 4.02. The summed E-state index contributed by atoms with van der Waals surface area (Å²) in [6.45, 7) is 4.47. The Morgan fingerprint density at radius 1 is 1.09 bits per heavy atom. The van der Waals surface area contributed by atoms with Crippen LogP contribution in [0.4, 0.5) is 0 Å². The third-order valence-corrected chi connectivity index (χ3v) is 4.02. The van der Waals surface area contributed by atoms with Crippen LogP contribution in [0.15, 0.2) is 35.4 Å². The van der Waals surface area contributed by atoms with Gasteiger partial charge in [0.25, 0.3) is 0 Å². The zero-order valence-electron chi connectivity index (χ0n) is 13.2. The standard InChI is InChI=1S/C16H16N6O/c1-10-14(11(2)23-20-10)9-22-16-4-12(5-17-15(16)7-19-22)13-6-18-21(3)8-13/h4-8H,9H2,1-3H3. The van der Waals surface area contributed by atoms with Crippen molar-refractivity contribution < 1.29 is 4.52 Å². The van der Waals surface area contributed by atoms with E-state index in [0.29, 0.717) is 6.54 Å². The fourth-order valence-corrected chi connectivity index (χ4v) is 2.69. The van der Waals surface area contributed by atoms with Gasteiger partial charge in [-0.25, -0.2) is 0 Å². The number of nitrogens with zero attached hydrogens (tertiary/aromatic N) is 6. The van der Waals surface area contributed by atoms with Crippen molar-refractivity contribution in [1.29, 1.82) is 0 Å². The maximum atomic E-state index is 5.23. The zero-order chi connectivity index (χ0) is 16.0. The van der Waals surface area contributed by atoms with Gasteiger partial charge < -0.3 is 4.52 Å². The number of aromatic nitrogens is 6. The summed E-state index contributed by atoms with van der Waals surface area (Å²) in [6.07, 6.45) is 7.43. The molecule has 7 heteroatoms. The molecule has 0 aromatic carbocycles. The fraction of sp³-hybridized carbons (Fsp3) is 0.250. The Morgan fingerprint density at radius 3 is 2.65 bits per heavy atom. The van der Waals surface area contributed by atoms with Gasteiger partial charge in [0.05, 0.1) is 30.1 Å². The fourth-order valence-electron chi connectivity index (χ4n) is 2.69. The molecule has 4 aromatic heterocycles. The first-order valence-corrected chi connectivity index (χ1v) is 7.34. The van der Waals surface area contributed by atoms with E-state index < -0.39 is 0 Å². The van der Waals surface area contributed by atoms with Gasteiger partial charge in [-0.1, -0.05) is 5.16 Å². The highest BCUT2D eigenvalue weighted by Gasteiger charge is 2.13. The van der Waals surface area contributed by atoms with E-state index in [9.17, 15) is 0 Å². The van der Waals surface area contributed by atoms with Crippen molar-refractivity contribution in [3.05, 3.63) is 47.9 Å². The Kier molecular flexibility index (Phi) is 3.00. The molecule has 0 aliphatic rings. The van der Waals surface area contributed by atoms with Crippen molar-refractivity contribution in [2.45, 2.75) is 20.4 Å². The van der Waals surface area contributed by atoms with E-state index in [2.05, 4.69) is 26.4 Å². The number of aryl methyl sites for hydroxylation is 3. The van der Waals surface area contributed by atoms with E-state index in [4.69, 9.17) is 4.52 Å². The number of rotatable bonds is 3. The zero-order valence-corrected chi connectivity index (χ0v) is 13.2. The van der Waals surface area contributed by atoms with Gasteiger partial charge in [-0.2, -0.15) is 10.2 Å². The van der Waals surface area contributed by atoms with Crippen molar-refractivity contribution in [3.63, 3.8) is 0 Å². The summed E-state index contributed by atoms with van der Waals surface area (Å²) < 4.78 is 8.94. The molecule has 116 valence electrons.